The molecule has 0 atom stereocenters. The van der Waals surface area contributed by atoms with Gasteiger partial charge in [-0.25, -0.2) is 4.98 Å². The van der Waals surface area contributed by atoms with Gasteiger partial charge in [0.05, 0.1) is 31.8 Å². The zero-order valence-corrected chi connectivity index (χ0v) is 9.76. The van der Waals surface area contributed by atoms with Gasteiger partial charge < -0.3 is 9.84 Å². The molecule has 0 bridgehead atoms. The molecule has 1 N–H and O–H groups in total. The van der Waals surface area contributed by atoms with Crippen LogP contribution >= 0.6 is 0 Å². The van der Waals surface area contributed by atoms with E-state index >= 15 is 0 Å². The fourth-order valence-corrected chi connectivity index (χ4v) is 1.96. The number of nitrogens with zero attached hydrogens (tertiary/aromatic N) is 4. The van der Waals surface area contributed by atoms with Crippen molar-refractivity contribution in [3.63, 3.8) is 0 Å². The number of aliphatic hydroxyl groups excluding tert-OH is 1. The summed E-state index contributed by atoms with van der Waals surface area (Å²) in [6.07, 6.45) is 1.55. The molecular formula is C10H18N4O2. The normalized spacial score (nSPS) is 18.8. The summed E-state index contributed by atoms with van der Waals surface area (Å²) in [4.78, 5) is 6.31. The molecule has 0 spiro atoms. The first kappa shape index (κ1) is 11.5. The minimum absolute atomic E-state index is 0.0760. The van der Waals surface area contributed by atoms with Crippen LogP contribution < -0.4 is 0 Å². The average Bonchev–Trinajstić information content (AvgIpc) is 2.58. The maximum atomic E-state index is 9.33. The molecule has 6 nitrogen and oxygen atoms in total. The maximum absolute atomic E-state index is 9.33. The van der Waals surface area contributed by atoms with Crippen LogP contribution in [-0.4, -0.2) is 58.2 Å². The lowest BCUT2D eigenvalue weighted by molar-refractivity contribution is -0.147. The van der Waals surface area contributed by atoms with Gasteiger partial charge in [-0.05, 0) is 7.05 Å². The smallest absolute Gasteiger partial charge is 0.140 e. The van der Waals surface area contributed by atoms with Crippen LogP contribution in [0.3, 0.4) is 0 Å². The summed E-state index contributed by atoms with van der Waals surface area (Å²) in [5.41, 5.74) is -0.0760. The van der Waals surface area contributed by atoms with Crippen LogP contribution in [0.5, 0.6) is 0 Å². The number of hydrogen-bond acceptors (Lipinski definition) is 5. The molecule has 2 heterocycles. The number of aromatic nitrogens is 3. The Hall–Kier alpha value is -0.980. The molecule has 2 rings (SSSR count). The first-order chi connectivity index (χ1) is 7.65. The second kappa shape index (κ2) is 4.48. The van der Waals surface area contributed by atoms with E-state index in [0.29, 0.717) is 13.2 Å². The van der Waals surface area contributed by atoms with Crippen LogP contribution in [0.15, 0.2) is 6.33 Å². The van der Waals surface area contributed by atoms with Crippen molar-refractivity contribution in [2.45, 2.75) is 6.54 Å². The van der Waals surface area contributed by atoms with Crippen molar-refractivity contribution in [1.29, 1.82) is 0 Å². The van der Waals surface area contributed by atoms with Gasteiger partial charge in [0.25, 0.3) is 0 Å². The van der Waals surface area contributed by atoms with E-state index in [0.717, 1.165) is 18.9 Å². The predicted molar refractivity (Wildman–Crippen MR) is 57.7 cm³/mol. The van der Waals surface area contributed by atoms with Gasteiger partial charge in [0.15, 0.2) is 0 Å². The second-order valence-corrected chi connectivity index (χ2v) is 4.62. The molecule has 0 saturated carbocycles. The van der Waals surface area contributed by atoms with Crippen molar-refractivity contribution in [3.8, 4) is 0 Å². The second-order valence-electron chi connectivity index (χ2n) is 4.62. The van der Waals surface area contributed by atoms with Crippen molar-refractivity contribution < 1.29 is 9.84 Å². The Balaban J connectivity index is 1.89. The molecule has 6 heteroatoms. The van der Waals surface area contributed by atoms with Crippen LogP contribution in [0, 0.1) is 5.41 Å². The Kier molecular flexibility index (Phi) is 3.22. The summed E-state index contributed by atoms with van der Waals surface area (Å²) >= 11 is 0. The zero-order valence-electron chi connectivity index (χ0n) is 9.76. The summed E-state index contributed by atoms with van der Waals surface area (Å²) in [6.45, 7) is 3.02. The Bertz CT molecular complexity index is 343. The summed E-state index contributed by atoms with van der Waals surface area (Å²) in [6, 6.07) is 0. The van der Waals surface area contributed by atoms with Crippen LogP contribution in [-0.2, 0) is 18.3 Å². The van der Waals surface area contributed by atoms with Crippen LogP contribution in [0.2, 0.25) is 0 Å². The maximum Gasteiger partial charge on any atom is 0.140 e. The van der Waals surface area contributed by atoms with E-state index in [1.807, 2.05) is 14.1 Å². The standard InChI is InChI=1S/C10H18N4O2/c1-13(3-9-11-8-12-14(9)2)4-10(5-15)6-16-7-10/h8,15H,3-7H2,1-2H3. The number of ether oxygens (including phenoxy) is 1. The molecule has 1 aliphatic rings. The molecule has 0 unspecified atom stereocenters. The molecule has 0 aliphatic carbocycles. The van der Waals surface area contributed by atoms with Gasteiger partial charge in [0, 0.05) is 13.6 Å². The molecule has 0 radical (unpaired) electrons. The van der Waals surface area contributed by atoms with E-state index in [-0.39, 0.29) is 12.0 Å². The monoisotopic (exact) mass is 226 g/mol. The van der Waals surface area contributed by atoms with Gasteiger partial charge in [-0.2, -0.15) is 5.10 Å². The average molecular weight is 226 g/mol. The highest BCUT2D eigenvalue weighted by Gasteiger charge is 2.39. The Labute approximate surface area is 94.8 Å². The lowest BCUT2D eigenvalue weighted by Crippen LogP contribution is -2.52. The Morgan fingerprint density at radius 3 is 2.81 bits per heavy atom. The largest absolute Gasteiger partial charge is 0.396 e. The third-order valence-electron chi connectivity index (χ3n) is 2.97. The zero-order chi connectivity index (χ0) is 11.6. The van der Waals surface area contributed by atoms with E-state index in [4.69, 9.17) is 4.74 Å². The van der Waals surface area contributed by atoms with Crippen LogP contribution in [0.1, 0.15) is 5.82 Å². The third-order valence-corrected chi connectivity index (χ3v) is 2.97. The molecular weight excluding hydrogens is 208 g/mol. The summed E-state index contributed by atoms with van der Waals surface area (Å²) in [5, 5.41) is 13.4. The van der Waals surface area contributed by atoms with E-state index < -0.39 is 0 Å². The molecule has 0 amide bonds. The van der Waals surface area contributed by atoms with E-state index in [2.05, 4.69) is 15.0 Å². The number of rotatable bonds is 5. The lowest BCUT2D eigenvalue weighted by atomic mass is 9.86. The lowest BCUT2D eigenvalue weighted by Gasteiger charge is -2.42. The van der Waals surface area contributed by atoms with Crippen LogP contribution in [0.4, 0.5) is 0 Å². The van der Waals surface area contributed by atoms with Crippen molar-refractivity contribution in [3.05, 3.63) is 12.2 Å². The third kappa shape index (κ3) is 2.23. The molecule has 1 saturated heterocycles. The Morgan fingerprint density at radius 1 is 1.62 bits per heavy atom. The van der Waals surface area contributed by atoms with E-state index in [9.17, 15) is 5.11 Å². The predicted octanol–water partition coefficient (Wildman–Crippen LogP) is -0.744. The van der Waals surface area contributed by atoms with Crippen molar-refractivity contribution in [2.75, 3.05) is 33.4 Å². The minimum Gasteiger partial charge on any atom is -0.396 e. The molecule has 0 aromatic carbocycles. The van der Waals surface area contributed by atoms with E-state index in [1.165, 1.54) is 0 Å². The Morgan fingerprint density at radius 2 is 2.38 bits per heavy atom. The summed E-state index contributed by atoms with van der Waals surface area (Å²) < 4.78 is 6.93. The SMILES string of the molecule is CN(Cc1ncnn1C)CC1(CO)COC1. The molecule has 1 aromatic rings. The van der Waals surface area contributed by atoms with Gasteiger partial charge in [-0.15, -0.1) is 0 Å². The van der Waals surface area contributed by atoms with Gasteiger partial charge in [0.1, 0.15) is 12.2 Å². The summed E-state index contributed by atoms with van der Waals surface area (Å²) in [5.74, 6) is 0.927. The highest BCUT2D eigenvalue weighted by Crippen LogP contribution is 2.27. The number of aliphatic hydroxyl groups is 1. The first-order valence-electron chi connectivity index (χ1n) is 5.35. The summed E-state index contributed by atoms with van der Waals surface area (Å²) in [7, 11) is 3.90. The highest BCUT2D eigenvalue weighted by molar-refractivity contribution is 4.90. The quantitative estimate of drug-likeness (QED) is 0.716. The van der Waals surface area contributed by atoms with Gasteiger partial charge >= 0.3 is 0 Å². The van der Waals surface area contributed by atoms with Gasteiger partial charge in [-0.3, -0.25) is 9.58 Å². The highest BCUT2D eigenvalue weighted by atomic mass is 16.5. The number of aryl methyl sites for hydroxylation is 1. The van der Waals surface area contributed by atoms with E-state index in [1.54, 1.807) is 11.0 Å². The topological polar surface area (TPSA) is 63.4 Å². The minimum atomic E-state index is -0.0760. The molecule has 1 fully saturated rings. The molecule has 1 aliphatic heterocycles. The van der Waals surface area contributed by atoms with Gasteiger partial charge in [0.2, 0.25) is 0 Å². The van der Waals surface area contributed by atoms with Crippen molar-refractivity contribution in [1.82, 2.24) is 19.7 Å². The fraction of sp³-hybridized carbons (Fsp3) is 0.800. The molecule has 16 heavy (non-hydrogen) atoms. The fourth-order valence-electron chi connectivity index (χ4n) is 1.96. The molecule has 90 valence electrons. The van der Waals surface area contributed by atoms with Crippen molar-refractivity contribution in [2.24, 2.45) is 12.5 Å². The van der Waals surface area contributed by atoms with Gasteiger partial charge in [-0.1, -0.05) is 0 Å². The first-order valence-corrected chi connectivity index (χ1v) is 5.35. The van der Waals surface area contributed by atoms with Crippen molar-refractivity contribution >= 4 is 0 Å². The molecule has 1 aromatic heterocycles. The van der Waals surface area contributed by atoms with Crippen LogP contribution in [0.25, 0.3) is 0 Å². The number of hydrogen-bond donors (Lipinski definition) is 1.